The standard InChI is InChI=1S/C21H28N4O4S/c1-7-28-16-11-14(9-10-15(16)27-6)18-17(19(26)29-12(3)4)13(5)22-20-23-21(30-8-2)24-25(18)20/h9-12,18H,7-8H2,1-6H3,(H,22,23,24). The highest BCUT2D eigenvalue weighted by Gasteiger charge is 2.36. The van der Waals surface area contributed by atoms with Crippen LogP contribution in [0.4, 0.5) is 5.95 Å². The van der Waals surface area contributed by atoms with Gasteiger partial charge in [-0.15, -0.1) is 5.10 Å². The first-order chi connectivity index (χ1) is 14.4. The number of esters is 1. The van der Waals surface area contributed by atoms with Gasteiger partial charge in [-0.3, -0.25) is 0 Å². The van der Waals surface area contributed by atoms with Crippen molar-refractivity contribution in [2.24, 2.45) is 0 Å². The Kier molecular flexibility index (Phi) is 6.91. The largest absolute Gasteiger partial charge is 0.493 e. The molecule has 1 aliphatic heterocycles. The van der Waals surface area contributed by atoms with Gasteiger partial charge in [0.05, 0.1) is 25.4 Å². The average molecular weight is 433 g/mol. The van der Waals surface area contributed by atoms with Crippen molar-refractivity contribution in [2.45, 2.75) is 51.9 Å². The van der Waals surface area contributed by atoms with Crippen LogP contribution in [0, 0.1) is 0 Å². The molecule has 0 spiro atoms. The van der Waals surface area contributed by atoms with Crippen LogP contribution in [0.5, 0.6) is 11.5 Å². The van der Waals surface area contributed by atoms with E-state index in [0.29, 0.717) is 40.5 Å². The number of thioether (sulfide) groups is 1. The summed E-state index contributed by atoms with van der Waals surface area (Å²) < 4.78 is 18.5. The van der Waals surface area contributed by atoms with Gasteiger partial charge < -0.3 is 19.5 Å². The van der Waals surface area contributed by atoms with Crippen LogP contribution in [0.1, 0.15) is 46.2 Å². The predicted molar refractivity (Wildman–Crippen MR) is 116 cm³/mol. The quantitative estimate of drug-likeness (QED) is 0.494. The molecule has 2 aromatic rings. The van der Waals surface area contributed by atoms with Gasteiger partial charge in [-0.05, 0) is 51.1 Å². The van der Waals surface area contributed by atoms with Gasteiger partial charge in [0.2, 0.25) is 11.1 Å². The molecule has 8 nitrogen and oxygen atoms in total. The van der Waals surface area contributed by atoms with Gasteiger partial charge in [-0.1, -0.05) is 24.8 Å². The lowest BCUT2D eigenvalue weighted by molar-refractivity contribution is -0.143. The first kappa shape index (κ1) is 22.0. The third-order valence-corrected chi connectivity index (χ3v) is 5.19. The van der Waals surface area contributed by atoms with E-state index in [1.54, 1.807) is 23.6 Å². The van der Waals surface area contributed by atoms with E-state index in [0.717, 1.165) is 11.3 Å². The lowest BCUT2D eigenvalue weighted by Gasteiger charge is -2.29. The summed E-state index contributed by atoms with van der Waals surface area (Å²) in [7, 11) is 1.60. The van der Waals surface area contributed by atoms with Crippen molar-refractivity contribution in [3.05, 3.63) is 35.0 Å². The van der Waals surface area contributed by atoms with Gasteiger partial charge >= 0.3 is 5.97 Å². The molecule has 0 bridgehead atoms. The van der Waals surface area contributed by atoms with E-state index in [1.807, 2.05) is 52.8 Å². The van der Waals surface area contributed by atoms with Crippen LogP contribution in [0.25, 0.3) is 0 Å². The highest BCUT2D eigenvalue weighted by atomic mass is 32.2. The Labute approximate surface area is 181 Å². The van der Waals surface area contributed by atoms with E-state index in [2.05, 4.69) is 15.4 Å². The molecule has 2 heterocycles. The van der Waals surface area contributed by atoms with Gasteiger partial charge in [0.25, 0.3) is 0 Å². The molecule has 0 saturated heterocycles. The van der Waals surface area contributed by atoms with Crippen LogP contribution in [0.15, 0.2) is 34.6 Å². The van der Waals surface area contributed by atoms with Gasteiger partial charge in [0.1, 0.15) is 6.04 Å². The van der Waals surface area contributed by atoms with Gasteiger partial charge in [-0.25, -0.2) is 9.48 Å². The van der Waals surface area contributed by atoms with E-state index in [9.17, 15) is 4.79 Å². The highest BCUT2D eigenvalue weighted by Crippen LogP contribution is 2.39. The highest BCUT2D eigenvalue weighted by molar-refractivity contribution is 7.99. The van der Waals surface area contributed by atoms with Crippen molar-refractivity contribution >= 4 is 23.7 Å². The Bertz CT molecular complexity index is 954. The number of nitrogens with one attached hydrogen (secondary N) is 1. The zero-order chi connectivity index (χ0) is 21.8. The molecule has 1 unspecified atom stereocenters. The number of fused-ring (bicyclic) bond motifs is 1. The van der Waals surface area contributed by atoms with Crippen molar-refractivity contribution in [1.29, 1.82) is 0 Å². The molecule has 30 heavy (non-hydrogen) atoms. The van der Waals surface area contributed by atoms with Crippen molar-refractivity contribution in [2.75, 3.05) is 24.8 Å². The van der Waals surface area contributed by atoms with Crippen LogP contribution >= 0.6 is 11.8 Å². The Morgan fingerprint density at radius 3 is 2.70 bits per heavy atom. The number of nitrogens with zero attached hydrogens (tertiary/aromatic N) is 3. The summed E-state index contributed by atoms with van der Waals surface area (Å²) in [6, 6.07) is 5.12. The second kappa shape index (κ2) is 9.42. The number of hydrogen-bond acceptors (Lipinski definition) is 8. The second-order valence-electron chi connectivity index (χ2n) is 6.96. The maximum absolute atomic E-state index is 13.0. The zero-order valence-electron chi connectivity index (χ0n) is 18.2. The molecule has 0 radical (unpaired) electrons. The molecule has 1 aliphatic rings. The number of benzene rings is 1. The lowest BCUT2D eigenvalue weighted by atomic mass is 9.95. The number of aromatic nitrogens is 3. The minimum Gasteiger partial charge on any atom is -0.493 e. The van der Waals surface area contributed by atoms with E-state index in [4.69, 9.17) is 14.2 Å². The number of hydrogen-bond donors (Lipinski definition) is 1. The molecular weight excluding hydrogens is 404 g/mol. The van der Waals surface area contributed by atoms with Gasteiger partial charge in [0, 0.05) is 5.70 Å². The zero-order valence-corrected chi connectivity index (χ0v) is 19.0. The Morgan fingerprint density at radius 1 is 1.30 bits per heavy atom. The fourth-order valence-corrected chi connectivity index (χ4v) is 3.86. The minimum atomic E-state index is -0.503. The lowest BCUT2D eigenvalue weighted by Crippen LogP contribution is -2.30. The summed E-state index contributed by atoms with van der Waals surface area (Å²) in [5.41, 5.74) is 2.00. The van der Waals surface area contributed by atoms with E-state index < -0.39 is 6.04 Å². The fourth-order valence-electron chi connectivity index (χ4n) is 3.30. The van der Waals surface area contributed by atoms with Crippen molar-refractivity contribution in [1.82, 2.24) is 14.8 Å². The molecular formula is C21H28N4O4S. The minimum absolute atomic E-state index is 0.239. The number of carbonyl (C=O) groups is 1. The monoisotopic (exact) mass is 432 g/mol. The van der Waals surface area contributed by atoms with Gasteiger partial charge in [0.15, 0.2) is 11.5 Å². The van der Waals surface area contributed by atoms with Gasteiger partial charge in [-0.2, -0.15) is 4.98 Å². The van der Waals surface area contributed by atoms with Crippen molar-refractivity contribution < 1.29 is 19.0 Å². The van der Waals surface area contributed by atoms with Crippen LogP contribution in [-0.2, 0) is 9.53 Å². The average Bonchev–Trinajstić information content (AvgIpc) is 3.08. The smallest absolute Gasteiger partial charge is 0.338 e. The molecule has 3 rings (SSSR count). The predicted octanol–water partition coefficient (Wildman–Crippen LogP) is 4.04. The summed E-state index contributed by atoms with van der Waals surface area (Å²) in [5, 5.41) is 8.51. The summed E-state index contributed by atoms with van der Waals surface area (Å²) in [6.45, 7) is 9.96. The molecule has 1 aromatic carbocycles. The second-order valence-corrected chi connectivity index (χ2v) is 8.19. The molecule has 162 valence electrons. The Hall–Kier alpha value is -2.68. The molecule has 1 atom stereocenters. The van der Waals surface area contributed by atoms with Crippen molar-refractivity contribution in [3.63, 3.8) is 0 Å². The van der Waals surface area contributed by atoms with Crippen LogP contribution in [0.3, 0.4) is 0 Å². The molecule has 0 aliphatic carbocycles. The molecule has 0 saturated carbocycles. The Morgan fingerprint density at radius 2 is 2.07 bits per heavy atom. The number of rotatable bonds is 8. The maximum Gasteiger partial charge on any atom is 0.338 e. The van der Waals surface area contributed by atoms with Crippen LogP contribution in [-0.4, -0.2) is 46.3 Å². The van der Waals surface area contributed by atoms with Crippen LogP contribution in [0.2, 0.25) is 0 Å². The van der Waals surface area contributed by atoms with Crippen LogP contribution < -0.4 is 14.8 Å². The summed E-state index contributed by atoms with van der Waals surface area (Å²) in [6.07, 6.45) is -0.239. The van der Waals surface area contributed by atoms with E-state index in [-0.39, 0.29) is 12.1 Å². The molecule has 1 aromatic heterocycles. The van der Waals surface area contributed by atoms with E-state index >= 15 is 0 Å². The molecule has 9 heteroatoms. The number of allylic oxidation sites excluding steroid dienone is 1. The molecule has 0 amide bonds. The topological polar surface area (TPSA) is 87.5 Å². The first-order valence-electron chi connectivity index (χ1n) is 9.98. The Balaban J connectivity index is 2.15. The normalized spacial score (nSPS) is 15.6. The summed E-state index contributed by atoms with van der Waals surface area (Å²) >= 11 is 1.54. The van der Waals surface area contributed by atoms with E-state index in [1.165, 1.54) is 0 Å². The third kappa shape index (κ3) is 4.40. The summed E-state index contributed by atoms with van der Waals surface area (Å²) in [4.78, 5) is 17.6. The maximum atomic E-state index is 13.0. The number of methoxy groups -OCH3 is 1. The van der Waals surface area contributed by atoms with Crippen molar-refractivity contribution in [3.8, 4) is 11.5 Å². The molecule has 0 fully saturated rings. The summed E-state index contributed by atoms with van der Waals surface area (Å²) in [5.74, 6) is 2.28. The number of anilines is 1. The molecule has 1 N–H and O–H groups in total. The number of carbonyl (C=O) groups excluding carboxylic acids is 1. The number of ether oxygens (including phenoxy) is 3. The first-order valence-corrected chi connectivity index (χ1v) is 11.0. The third-order valence-electron chi connectivity index (χ3n) is 4.47. The fraction of sp³-hybridized carbons (Fsp3) is 0.476. The SMILES string of the molecule is CCOc1cc(C2C(C(=O)OC(C)C)=C(C)Nc3nc(SCC)nn32)ccc1OC.